The van der Waals surface area contributed by atoms with Gasteiger partial charge >= 0.3 is 0 Å². The van der Waals surface area contributed by atoms with E-state index >= 15 is 0 Å². The molecule has 0 N–H and O–H groups in total. The first kappa shape index (κ1) is 13.2. The van der Waals surface area contributed by atoms with Crippen LogP contribution in [0.4, 0.5) is 5.82 Å². The molecule has 0 aliphatic carbocycles. The molecular formula is C13H24N2Si. The highest BCUT2D eigenvalue weighted by atomic mass is 28.3. The second kappa shape index (κ2) is 6.04. The van der Waals surface area contributed by atoms with Crippen molar-refractivity contribution in [2.45, 2.75) is 38.9 Å². The minimum Gasteiger partial charge on any atom is -0.363 e. The highest BCUT2D eigenvalue weighted by Gasteiger charge is 2.28. The molecule has 2 nitrogen and oxygen atoms in total. The van der Waals surface area contributed by atoms with Crippen LogP contribution in [0.2, 0.25) is 18.1 Å². The van der Waals surface area contributed by atoms with Gasteiger partial charge in [0.25, 0.3) is 0 Å². The topological polar surface area (TPSA) is 16.1 Å². The average molecular weight is 236 g/mol. The Hall–Kier alpha value is -0.833. The van der Waals surface area contributed by atoms with Crippen molar-refractivity contribution in [1.82, 2.24) is 4.98 Å². The standard InChI is InChI=1S/C13H24N2Si/c1-5-16(6-2,7-3)12-15(4)13-10-8-9-11-14-13/h8-11H,5-7,12H2,1-4H3. The third-order valence-corrected chi connectivity index (χ3v) is 9.51. The van der Waals surface area contributed by atoms with E-state index in [1.54, 1.807) is 0 Å². The lowest BCUT2D eigenvalue weighted by molar-refractivity contribution is 0.974. The Morgan fingerprint density at radius 3 is 2.19 bits per heavy atom. The summed E-state index contributed by atoms with van der Waals surface area (Å²) < 4.78 is 0. The first-order chi connectivity index (χ1) is 7.67. The monoisotopic (exact) mass is 236 g/mol. The quantitative estimate of drug-likeness (QED) is 0.702. The van der Waals surface area contributed by atoms with Crippen LogP contribution in [0.3, 0.4) is 0 Å². The van der Waals surface area contributed by atoms with E-state index < -0.39 is 8.07 Å². The Labute approximate surface area is 101 Å². The molecule has 0 aliphatic heterocycles. The second-order valence-corrected chi connectivity index (χ2v) is 10.0. The molecule has 0 aromatic carbocycles. The summed E-state index contributed by atoms with van der Waals surface area (Å²) in [5.74, 6) is 1.11. The van der Waals surface area contributed by atoms with Gasteiger partial charge in [-0.1, -0.05) is 45.0 Å². The zero-order valence-corrected chi connectivity index (χ0v) is 12.0. The van der Waals surface area contributed by atoms with Crippen LogP contribution in [0.15, 0.2) is 24.4 Å². The average Bonchev–Trinajstić information content (AvgIpc) is 2.37. The summed E-state index contributed by atoms with van der Waals surface area (Å²) >= 11 is 0. The van der Waals surface area contributed by atoms with Gasteiger partial charge in [0.15, 0.2) is 0 Å². The predicted octanol–water partition coefficient (Wildman–Crippen LogP) is 3.57. The molecular weight excluding hydrogens is 212 g/mol. The van der Waals surface area contributed by atoms with E-state index in [1.165, 1.54) is 24.3 Å². The molecule has 1 heterocycles. The summed E-state index contributed by atoms with van der Waals surface area (Å²) in [7, 11) is 1.09. The van der Waals surface area contributed by atoms with Crippen LogP contribution in [0.25, 0.3) is 0 Å². The van der Waals surface area contributed by atoms with Gasteiger partial charge in [0, 0.05) is 19.4 Å². The fourth-order valence-electron chi connectivity index (χ4n) is 2.25. The van der Waals surface area contributed by atoms with Crippen molar-refractivity contribution >= 4 is 13.9 Å². The zero-order chi connectivity index (χ0) is 12.0. The van der Waals surface area contributed by atoms with Gasteiger partial charge < -0.3 is 4.90 Å². The van der Waals surface area contributed by atoms with Crippen molar-refractivity contribution in [2.75, 3.05) is 18.1 Å². The number of anilines is 1. The van der Waals surface area contributed by atoms with Gasteiger partial charge in [-0.05, 0) is 12.1 Å². The summed E-state index contributed by atoms with van der Waals surface area (Å²) in [5.41, 5.74) is 0. The Morgan fingerprint density at radius 1 is 1.12 bits per heavy atom. The lowest BCUT2D eigenvalue weighted by Gasteiger charge is -2.33. The number of rotatable bonds is 6. The van der Waals surface area contributed by atoms with Gasteiger partial charge in [-0.3, -0.25) is 0 Å². The van der Waals surface area contributed by atoms with E-state index in [4.69, 9.17) is 0 Å². The summed E-state index contributed by atoms with van der Waals surface area (Å²) in [6.07, 6.45) is 3.10. The molecule has 0 amide bonds. The number of aromatic nitrogens is 1. The SMILES string of the molecule is CC[Si](CC)(CC)CN(C)c1ccccn1. The lowest BCUT2D eigenvalue weighted by atomic mass is 10.4. The number of pyridine rings is 1. The van der Waals surface area contributed by atoms with E-state index in [9.17, 15) is 0 Å². The van der Waals surface area contributed by atoms with Crippen LogP contribution < -0.4 is 4.90 Å². The van der Waals surface area contributed by atoms with Crippen molar-refractivity contribution < 1.29 is 0 Å². The third kappa shape index (κ3) is 3.08. The summed E-state index contributed by atoms with van der Waals surface area (Å²) in [4.78, 5) is 6.75. The maximum atomic E-state index is 4.41. The zero-order valence-electron chi connectivity index (χ0n) is 11.0. The molecule has 0 atom stereocenters. The molecule has 16 heavy (non-hydrogen) atoms. The number of hydrogen-bond donors (Lipinski definition) is 0. The van der Waals surface area contributed by atoms with Crippen molar-refractivity contribution in [2.24, 2.45) is 0 Å². The molecule has 0 spiro atoms. The molecule has 0 saturated heterocycles. The normalized spacial score (nSPS) is 11.5. The van der Waals surface area contributed by atoms with Crippen molar-refractivity contribution in [3.05, 3.63) is 24.4 Å². The number of nitrogens with zero attached hydrogens (tertiary/aromatic N) is 2. The summed E-state index contributed by atoms with van der Waals surface area (Å²) in [6, 6.07) is 10.2. The van der Waals surface area contributed by atoms with E-state index in [-0.39, 0.29) is 0 Å². The summed E-state index contributed by atoms with van der Waals surface area (Å²) in [6.45, 7) is 7.06. The fraction of sp³-hybridized carbons (Fsp3) is 0.615. The van der Waals surface area contributed by atoms with Crippen LogP contribution in [0.5, 0.6) is 0 Å². The first-order valence-electron chi connectivity index (χ1n) is 6.29. The van der Waals surface area contributed by atoms with Gasteiger partial charge in [0.2, 0.25) is 0 Å². The molecule has 90 valence electrons. The Balaban J connectivity index is 2.73. The predicted molar refractivity (Wildman–Crippen MR) is 74.7 cm³/mol. The largest absolute Gasteiger partial charge is 0.363 e. The van der Waals surface area contributed by atoms with Crippen molar-refractivity contribution in [3.8, 4) is 0 Å². The van der Waals surface area contributed by atoms with Crippen LogP contribution in [-0.4, -0.2) is 26.3 Å². The van der Waals surface area contributed by atoms with Crippen LogP contribution in [-0.2, 0) is 0 Å². The van der Waals surface area contributed by atoms with Gasteiger partial charge in [0.1, 0.15) is 5.82 Å². The van der Waals surface area contributed by atoms with E-state index in [1.807, 2.05) is 12.3 Å². The molecule has 0 unspecified atom stereocenters. The molecule has 0 bridgehead atoms. The van der Waals surface area contributed by atoms with Crippen molar-refractivity contribution in [3.63, 3.8) is 0 Å². The molecule has 1 aromatic rings. The molecule has 1 aromatic heterocycles. The van der Waals surface area contributed by atoms with Gasteiger partial charge in [0.05, 0.1) is 8.07 Å². The molecule has 3 heteroatoms. The maximum Gasteiger partial charge on any atom is 0.127 e. The fourth-order valence-corrected chi connectivity index (χ4v) is 5.59. The third-order valence-electron chi connectivity index (χ3n) is 3.86. The van der Waals surface area contributed by atoms with E-state index in [0.29, 0.717) is 0 Å². The van der Waals surface area contributed by atoms with Crippen LogP contribution >= 0.6 is 0 Å². The van der Waals surface area contributed by atoms with Crippen molar-refractivity contribution in [1.29, 1.82) is 0 Å². The minimum atomic E-state index is -1.08. The van der Waals surface area contributed by atoms with Gasteiger partial charge in [-0.25, -0.2) is 4.98 Å². The summed E-state index contributed by atoms with van der Waals surface area (Å²) in [5, 5.41) is 0. The van der Waals surface area contributed by atoms with Gasteiger partial charge in [-0.2, -0.15) is 0 Å². The first-order valence-corrected chi connectivity index (χ1v) is 9.12. The van der Waals surface area contributed by atoms with Gasteiger partial charge in [-0.15, -0.1) is 0 Å². The molecule has 0 saturated carbocycles. The molecule has 0 fully saturated rings. The number of hydrogen-bond acceptors (Lipinski definition) is 2. The highest BCUT2D eigenvalue weighted by molar-refractivity contribution is 6.80. The lowest BCUT2D eigenvalue weighted by Crippen LogP contribution is -2.44. The van der Waals surface area contributed by atoms with E-state index in [0.717, 1.165) is 5.82 Å². The Morgan fingerprint density at radius 2 is 1.75 bits per heavy atom. The molecule has 0 radical (unpaired) electrons. The van der Waals surface area contributed by atoms with Crippen LogP contribution in [0.1, 0.15) is 20.8 Å². The Kier molecular flexibility index (Phi) is 4.99. The molecule has 0 aliphatic rings. The Bertz CT molecular complexity index is 288. The molecule has 1 rings (SSSR count). The van der Waals surface area contributed by atoms with Crippen LogP contribution in [0, 0.1) is 0 Å². The smallest absolute Gasteiger partial charge is 0.127 e. The second-order valence-electron chi connectivity index (χ2n) is 4.60. The van der Waals surface area contributed by atoms with E-state index in [2.05, 4.69) is 49.8 Å². The highest BCUT2D eigenvalue weighted by Crippen LogP contribution is 2.22. The minimum absolute atomic E-state index is 1.08. The maximum absolute atomic E-state index is 4.41.